The van der Waals surface area contributed by atoms with Crippen LogP contribution >= 0.6 is 0 Å². The number of para-hydroxylation sites is 1. The first-order valence-corrected chi connectivity index (χ1v) is 13.7. The van der Waals surface area contributed by atoms with Crippen LogP contribution in [0.1, 0.15) is 36.6 Å². The zero-order valence-electron chi connectivity index (χ0n) is 22.3. The average molecular weight is 527 g/mol. The number of benzene rings is 2. The van der Waals surface area contributed by atoms with E-state index in [1.807, 2.05) is 70.4 Å². The van der Waals surface area contributed by atoms with Gasteiger partial charge in [0.25, 0.3) is 0 Å². The second-order valence-corrected chi connectivity index (χ2v) is 10.2. The van der Waals surface area contributed by atoms with Gasteiger partial charge in [-0.05, 0) is 49.1 Å². The molecule has 4 heterocycles. The highest BCUT2D eigenvalue weighted by Crippen LogP contribution is 2.31. The highest BCUT2D eigenvalue weighted by atomic mass is 16.5. The molecule has 0 atom stereocenters. The maximum atomic E-state index is 13.2. The van der Waals surface area contributed by atoms with Gasteiger partial charge in [0.15, 0.2) is 5.65 Å². The summed E-state index contributed by atoms with van der Waals surface area (Å²) in [5.41, 5.74) is 2.79. The number of hydrogen-bond donors (Lipinski definition) is 0. The van der Waals surface area contributed by atoms with Crippen molar-refractivity contribution in [1.29, 1.82) is 0 Å². The highest BCUT2D eigenvalue weighted by molar-refractivity contribution is 5.88. The summed E-state index contributed by atoms with van der Waals surface area (Å²) in [7, 11) is 1.65. The fraction of sp³-hybridized carbons (Fsp3) is 0.400. The SMILES string of the molecule is COc1ccc(CC(=O)N2CCCN(c3nc(C4CCOCC4)nc4c3cnn4-c3ccccc3)CC2)cc1. The molecule has 2 aliphatic rings. The van der Waals surface area contributed by atoms with Crippen molar-refractivity contribution >= 4 is 22.8 Å². The molecule has 2 aliphatic heterocycles. The molecule has 39 heavy (non-hydrogen) atoms. The number of carbonyl (C=O) groups is 1. The normalized spacial score (nSPS) is 16.8. The Bertz CT molecular complexity index is 1420. The van der Waals surface area contributed by atoms with Gasteiger partial charge in [-0.3, -0.25) is 4.79 Å². The van der Waals surface area contributed by atoms with Crippen LogP contribution in [0.5, 0.6) is 5.75 Å². The molecule has 2 fully saturated rings. The average Bonchev–Trinajstić information content (AvgIpc) is 3.27. The van der Waals surface area contributed by atoms with Crippen molar-refractivity contribution in [1.82, 2.24) is 24.6 Å². The first-order valence-electron chi connectivity index (χ1n) is 13.7. The van der Waals surface area contributed by atoms with Gasteiger partial charge in [0.05, 0.1) is 30.8 Å². The van der Waals surface area contributed by atoms with E-state index in [1.165, 1.54) is 0 Å². The Morgan fingerprint density at radius 1 is 0.974 bits per heavy atom. The lowest BCUT2D eigenvalue weighted by Gasteiger charge is -2.26. The molecule has 6 rings (SSSR count). The summed E-state index contributed by atoms with van der Waals surface area (Å²) < 4.78 is 12.8. The molecule has 0 aliphatic carbocycles. The highest BCUT2D eigenvalue weighted by Gasteiger charge is 2.26. The van der Waals surface area contributed by atoms with Crippen LogP contribution in [0.3, 0.4) is 0 Å². The first-order chi connectivity index (χ1) is 19.2. The minimum absolute atomic E-state index is 0.148. The van der Waals surface area contributed by atoms with E-state index in [0.29, 0.717) is 19.5 Å². The third-order valence-electron chi connectivity index (χ3n) is 7.68. The summed E-state index contributed by atoms with van der Waals surface area (Å²) in [5, 5.41) is 5.66. The Morgan fingerprint density at radius 2 is 1.77 bits per heavy atom. The van der Waals surface area contributed by atoms with Crippen molar-refractivity contribution in [3.05, 3.63) is 72.2 Å². The lowest BCUT2D eigenvalue weighted by Crippen LogP contribution is -2.36. The summed E-state index contributed by atoms with van der Waals surface area (Å²) in [4.78, 5) is 27.7. The number of fused-ring (bicyclic) bond motifs is 1. The van der Waals surface area contributed by atoms with Crippen LogP contribution in [0.15, 0.2) is 60.8 Å². The second-order valence-electron chi connectivity index (χ2n) is 10.2. The van der Waals surface area contributed by atoms with Gasteiger partial charge in [-0.2, -0.15) is 5.10 Å². The first kappa shape index (κ1) is 25.3. The zero-order valence-corrected chi connectivity index (χ0v) is 22.3. The molecule has 0 unspecified atom stereocenters. The summed E-state index contributed by atoms with van der Waals surface area (Å²) in [6, 6.07) is 17.8. The molecule has 9 nitrogen and oxygen atoms in total. The minimum atomic E-state index is 0.148. The summed E-state index contributed by atoms with van der Waals surface area (Å²) in [6.45, 7) is 4.38. The number of ether oxygens (including phenoxy) is 2. The van der Waals surface area contributed by atoms with Gasteiger partial charge in [-0.25, -0.2) is 14.6 Å². The van der Waals surface area contributed by atoms with Crippen LogP contribution in [0.4, 0.5) is 5.82 Å². The maximum absolute atomic E-state index is 13.2. The Morgan fingerprint density at radius 3 is 2.54 bits per heavy atom. The largest absolute Gasteiger partial charge is 0.497 e. The van der Waals surface area contributed by atoms with E-state index in [2.05, 4.69) is 4.90 Å². The third-order valence-corrected chi connectivity index (χ3v) is 7.68. The number of nitrogens with zero attached hydrogens (tertiary/aromatic N) is 6. The molecule has 0 radical (unpaired) electrons. The van der Waals surface area contributed by atoms with Gasteiger partial charge in [0, 0.05) is 45.3 Å². The Hall–Kier alpha value is -3.98. The van der Waals surface area contributed by atoms with E-state index >= 15 is 0 Å². The molecule has 0 spiro atoms. The quantitative estimate of drug-likeness (QED) is 0.375. The van der Waals surface area contributed by atoms with E-state index in [9.17, 15) is 4.79 Å². The molecule has 202 valence electrons. The van der Waals surface area contributed by atoms with Crippen molar-refractivity contribution in [2.75, 3.05) is 51.4 Å². The van der Waals surface area contributed by atoms with Gasteiger partial charge in [-0.15, -0.1) is 0 Å². The van der Waals surface area contributed by atoms with Gasteiger partial charge < -0.3 is 19.3 Å². The molecule has 9 heteroatoms. The lowest BCUT2D eigenvalue weighted by molar-refractivity contribution is -0.130. The van der Waals surface area contributed by atoms with E-state index in [4.69, 9.17) is 24.5 Å². The van der Waals surface area contributed by atoms with E-state index < -0.39 is 0 Å². The molecular weight excluding hydrogens is 492 g/mol. The third kappa shape index (κ3) is 5.45. The number of anilines is 1. The lowest BCUT2D eigenvalue weighted by atomic mass is 9.99. The number of aromatic nitrogens is 4. The number of rotatable bonds is 6. The Balaban J connectivity index is 1.26. The molecule has 0 saturated carbocycles. The summed E-state index contributed by atoms with van der Waals surface area (Å²) >= 11 is 0. The van der Waals surface area contributed by atoms with Crippen LogP contribution in [0, 0.1) is 0 Å². The maximum Gasteiger partial charge on any atom is 0.227 e. The number of amides is 1. The van der Waals surface area contributed by atoms with E-state index in [0.717, 1.165) is 85.2 Å². The molecule has 4 aromatic rings. The van der Waals surface area contributed by atoms with Gasteiger partial charge in [0.1, 0.15) is 17.4 Å². The monoisotopic (exact) mass is 526 g/mol. The van der Waals surface area contributed by atoms with Gasteiger partial charge in [-0.1, -0.05) is 30.3 Å². The molecule has 0 bridgehead atoms. The molecule has 2 saturated heterocycles. The molecule has 2 aromatic heterocycles. The smallest absolute Gasteiger partial charge is 0.227 e. The molecular formula is C30H34N6O3. The molecule has 1 amide bonds. The number of methoxy groups -OCH3 is 1. The minimum Gasteiger partial charge on any atom is -0.497 e. The number of hydrogen-bond acceptors (Lipinski definition) is 7. The van der Waals surface area contributed by atoms with Crippen molar-refractivity contribution in [3.8, 4) is 11.4 Å². The van der Waals surface area contributed by atoms with Crippen LogP contribution in [-0.4, -0.2) is 77.1 Å². The zero-order chi connectivity index (χ0) is 26.6. The molecule has 0 N–H and O–H groups in total. The van der Waals surface area contributed by atoms with E-state index in [-0.39, 0.29) is 11.8 Å². The van der Waals surface area contributed by atoms with Crippen LogP contribution < -0.4 is 9.64 Å². The van der Waals surface area contributed by atoms with Crippen LogP contribution in [0.2, 0.25) is 0 Å². The van der Waals surface area contributed by atoms with E-state index in [1.54, 1.807) is 7.11 Å². The fourth-order valence-corrected chi connectivity index (χ4v) is 5.46. The van der Waals surface area contributed by atoms with Gasteiger partial charge >= 0.3 is 0 Å². The van der Waals surface area contributed by atoms with Crippen LogP contribution in [0.25, 0.3) is 16.7 Å². The van der Waals surface area contributed by atoms with Crippen molar-refractivity contribution in [2.24, 2.45) is 0 Å². The van der Waals surface area contributed by atoms with Crippen molar-refractivity contribution in [2.45, 2.75) is 31.6 Å². The van der Waals surface area contributed by atoms with Crippen molar-refractivity contribution < 1.29 is 14.3 Å². The fourth-order valence-electron chi connectivity index (χ4n) is 5.46. The standard InChI is InChI=1S/C30H34N6O3/c1-38-25-10-8-22(9-11-25)20-27(37)34-14-5-15-35(17-16-34)29-26-21-31-36(24-6-3-2-4-7-24)30(26)33-28(32-29)23-12-18-39-19-13-23/h2-4,6-11,21,23H,5,12-20H2,1H3. The topological polar surface area (TPSA) is 85.6 Å². The number of carbonyl (C=O) groups excluding carboxylic acids is 1. The summed E-state index contributed by atoms with van der Waals surface area (Å²) in [6.07, 6.45) is 4.97. The van der Waals surface area contributed by atoms with Gasteiger partial charge in [0.2, 0.25) is 5.91 Å². The van der Waals surface area contributed by atoms with Crippen molar-refractivity contribution in [3.63, 3.8) is 0 Å². The summed E-state index contributed by atoms with van der Waals surface area (Å²) in [5.74, 6) is 2.97. The predicted octanol–water partition coefficient (Wildman–Crippen LogP) is 4.00. The Labute approximate surface area is 228 Å². The second kappa shape index (κ2) is 11.4. The molecule has 2 aromatic carbocycles. The Kier molecular flexibility index (Phi) is 7.40. The van der Waals surface area contributed by atoms with Crippen LogP contribution in [-0.2, 0) is 16.0 Å². The predicted molar refractivity (Wildman–Crippen MR) is 150 cm³/mol.